The zero-order chi connectivity index (χ0) is 29.7. The molecule has 0 unspecified atom stereocenters. The van der Waals surface area contributed by atoms with E-state index in [4.69, 9.17) is 0 Å². The maximum Gasteiger partial charge on any atom is 0.278 e. The summed E-state index contributed by atoms with van der Waals surface area (Å²) in [5, 5.41) is 22.8. The number of aliphatic imine (C=N–C) groups is 2. The molecule has 1 aliphatic rings. The molecule has 0 bridgehead atoms. The van der Waals surface area contributed by atoms with E-state index in [0.717, 1.165) is 48.2 Å². The summed E-state index contributed by atoms with van der Waals surface area (Å²) in [6, 6.07) is 25.9. The summed E-state index contributed by atoms with van der Waals surface area (Å²) in [4.78, 5) is 31.2. The van der Waals surface area contributed by atoms with Crippen molar-refractivity contribution < 1.29 is 9.85 Å². The van der Waals surface area contributed by atoms with Crippen molar-refractivity contribution in [2.45, 2.75) is 51.4 Å². The van der Waals surface area contributed by atoms with Gasteiger partial charge in [0.1, 0.15) is 0 Å². The van der Waals surface area contributed by atoms with Crippen LogP contribution >= 0.6 is 0 Å². The molecule has 212 valence electrons. The third kappa shape index (κ3) is 5.88. The molecule has 1 fully saturated rings. The second kappa shape index (κ2) is 12.3. The highest BCUT2D eigenvalue weighted by Gasteiger charge is 2.36. The monoisotopic (exact) mass is 560 g/mol. The average Bonchev–Trinajstić information content (AvgIpc) is 3.00. The molecule has 0 N–H and O–H groups in total. The molecule has 0 atom stereocenters. The minimum atomic E-state index is -0.395. The summed E-state index contributed by atoms with van der Waals surface area (Å²) in [6.07, 6.45) is 8.65. The molecular formula is C34H32N4O4. The minimum absolute atomic E-state index is 0.0295. The van der Waals surface area contributed by atoms with Crippen LogP contribution in [0.4, 0.5) is 22.7 Å². The van der Waals surface area contributed by atoms with Crippen molar-refractivity contribution >= 4 is 35.2 Å². The number of nitro benzene ring substituents is 2. The van der Waals surface area contributed by atoms with E-state index in [1.54, 1.807) is 48.8 Å². The summed E-state index contributed by atoms with van der Waals surface area (Å²) in [6.45, 7) is 4.05. The number of hydrogen-bond acceptors (Lipinski definition) is 6. The van der Waals surface area contributed by atoms with Gasteiger partial charge < -0.3 is 0 Å². The average molecular weight is 561 g/mol. The predicted octanol–water partition coefficient (Wildman–Crippen LogP) is 8.87. The lowest BCUT2D eigenvalue weighted by molar-refractivity contribution is -0.385. The zero-order valence-corrected chi connectivity index (χ0v) is 23.7. The summed E-state index contributed by atoms with van der Waals surface area (Å²) in [5.41, 5.74) is 6.89. The van der Waals surface area contributed by atoms with Gasteiger partial charge in [-0.3, -0.25) is 30.2 Å². The highest BCUT2D eigenvalue weighted by atomic mass is 16.6. The fourth-order valence-corrected chi connectivity index (χ4v) is 5.90. The van der Waals surface area contributed by atoms with Gasteiger partial charge in [-0.05, 0) is 73.2 Å². The van der Waals surface area contributed by atoms with E-state index >= 15 is 0 Å². The van der Waals surface area contributed by atoms with Gasteiger partial charge >= 0.3 is 0 Å². The van der Waals surface area contributed by atoms with Gasteiger partial charge in [-0.2, -0.15) is 0 Å². The Morgan fingerprint density at radius 1 is 0.643 bits per heavy atom. The van der Waals surface area contributed by atoms with Crippen LogP contribution in [-0.2, 0) is 5.41 Å². The van der Waals surface area contributed by atoms with Crippen molar-refractivity contribution in [2.24, 2.45) is 9.98 Å². The van der Waals surface area contributed by atoms with Crippen LogP contribution in [0, 0.1) is 34.1 Å². The van der Waals surface area contributed by atoms with E-state index in [1.807, 2.05) is 26.0 Å². The minimum Gasteiger partial charge on any atom is -0.258 e. The van der Waals surface area contributed by atoms with Gasteiger partial charge in [0.15, 0.2) is 0 Å². The van der Waals surface area contributed by atoms with Crippen molar-refractivity contribution in [2.75, 3.05) is 0 Å². The van der Waals surface area contributed by atoms with Crippen LogP contribution in [0.25, 0.3) is 0 Å². The number of aryl methyl sites for hydroxylation is 2. The third-order valence-corrected chi connectivity index (χ3v) is 8.16. The van der Waals surface area contributed by atoms with Crippen molar-refractivity contribution in [3.8, 4) is 0 Å². The van der Waals surface area contributed by atoms with Crippen LogP contribution in [0.5, 0.6) is 0 Å². The Bertz CT molecular complexity index is 1580. The van der Waals surface area contributed by atoms with Gasteiger partial charge in [-0.1, -0.05) is 67.8 Å². The maximum absolute atomic E-state index is 11.4. The fourth-order valence-electron chi connectivity index (χ4n) is 5.90. The first-order chi connectivity index (χ1) is 20.3. The van der Waals surface area contributed by atoms with E-state index in [2.05, 4.69) is 34.3 Å². The highest BCUT2D eigenvalue weighted by Crippen LogP contribution is 2.46. The number of rotatable bonds is 8. The molecule has 8 nitrogen and oxygen atoms in total. The summed E-state index contributed by atoms with van der Waals surface area (Å²) in [7, 11) is 0. The molecule has 42 heavy (non-hydrogen) atoms. The number of nitro groups is 2. The van der Waals surface area contributed by atoms with Gasteiger partial charge in [0.05, 0.1) is 32.3 Å². The number of para-hydroxylation sites is 2. The largest absolute Gasteiger partial charge is 0.278 e. The second-order valence-corrected chi connectivity index (χ2v) is 10.8. The predicted molar refractivity (Wildman–Crippen MR) is 167 cm³/mol. The lowest BCUT2D eigenvalue weighted by atomic mass is 9.65. The molecule has 1 aliphatic carbocycles. The first-order valence-corrected chi connectivity index (χ1v) is 14.1. The number of benzene rings is 4. The second-order valence-electron chi connectivity index (χ2n) is 10.8. The lowest BCUT2D eigenvalue weighted by Gasteiger charge is -2.39. The summed E-state index contributed by atoms with van der Waals surface area (Å²) < 4.78 is 0. The molecule has 0 radical (unpaired) electrons. The van der Waals surface area contributed by atoms with Gasteiger partial charge in [-0.15, -0.1) is 0 Å². The Hall–Kier alpha value is -4.98. The van der Waals surface area contributed by atoms with Gasteiger partial charge in [0, 0.05) is 30.0 Å². The maximum atomic E-state index is 11.4. The standard InChI is InChI=1S/C34H32N4O4/c1-24-20-28(14-16-30(24)35-22-26-10-4-6-12-32(26)37(39)40)34(18-8-3-9-19-34)29-15-17-31(25(2)21-29)36-23-27-11-5-7-13-33(27)38(41)42/h4-7,10-17,20-23H,3,8-9,18-19H2,1-2H3. The molecule has 0 amide bonds. The SMILES string of the molecule is Cc1cc(C2(c3ccc(N=Cc4ccccc4[N+](=O)[O-])c(C)c3)CCCCC2)ccc1N=Cc1ccccc1[N+](=O)[O-]. The van der Waals surface area contributed by atoms with Gasteiger partial charge in [-0.25, -0.2) is 0 Å². The third-order valence-electron chi connectivity index (χ3n) is 8.16. The molecule has 0 aliphatic heterocycles. The Kier molecular flexibility index (Phi) is 8.33. The number of hydrogen-bond donors (Lipinski definition) is 0. The zero-order valence-electron chi connectivity index (χ0n) is 23.7. The summed E-state index contributed by atoms with van der Waals surface area (Å²) in [5.74, 6) is 0. The molecule has 5 rings (SSSR count). The van der Waals surface area contributed by atoms with Crippen molar-refractivity contribution in [1.82, 2.24) is 0 Å². The molecule has 0 aromatic heterocycles. The highest BCUT2D eigenvalue weighted by molar-refractivity contribution is 5.88. The Balaban J connectivity index is 1.46. The molecule has 4 aromatic carbocycles. The topological polar surface area (TPSA) is 111 Å². The summed E-state index contributed by atoms with van der Waals surface area (Å²) >= 11 is 0. The molecule has 4 aromatic rings. The van der Waals surface area contributed by atoms with Crippen LogP contribution in [0.15, 0.2) is 94.9 Å². The van der Waals surface area contributed by atoms with Crippen LogP contribution in [0.1, 0.15) is 65.5 Å². The molecular weight excluding hydrogens is 528 g/mol. The van der Waals surface area contributed by atoms with Crippen LogP contribution in [0.3, 0.4) is 0 Å². The van der Waals surface area contributed by atoms with E-state index in [-0.39, 0.29) is 16.8 Å². The molecule has 1 saturated carbocycles. The van der Waals surface area contributed by atoms with E-state index in [9.17, 15) is 20.2 Å². The van der Waals surface area contributed by atoms with Crippen LogP contribution in [0.2, 0.25) is 0 Å². The van der Waals surface area contributed by atoms with E-state index in [0.29, 0.717) is 11.1 Å². The molecule has 0 saturated heterocycles. The van der Waals surface area contributed by atoms with Crippen LogP contribution < -0.4 is 0 Å². The quantitative estimate of drug-likeness (QED) is 0.122. The first kappa shape index (κ1) is 28.5. The van der Waals surface area contributed by atoms with Crippen molar-refractivity contribution in [3.63, 3.8) is 0 Å². The molecule has 0 spiro atoms. The molecule has 0 heterocycles. The Labute approximate surface area is 244 Å². The van der Waals surface area contributed by atoms with E-state index < -0.39 is 9.85 Å². The Morgan fingerprint density at radius 3 is 1.48 bits per heavy atom. The van der Waals surface area contributed by atoms with Crippen molar-refractivity contribution in [1.29, 1.82) is 0 Å². The normalized spacial score (nSPS) is 14.8. The molecule has 8 heteroatoms. The number of nitrogens with zero attached hydrogens (tertiary/aromatic N) is 4. The van der Waals surface area contributed by atoms with Crippen LogP contribution in [-0.4, -0.2) is 22.3 Å². The lowest BCUT2D eigenvalue weighted by Crippen LogP contribution is -2.30. The van der Waals surface area contributed by atoms with Crippen molar-refractivity contribution in [3.05, 3.63) is 139 Å². The first-order valence-electron chi connectivity index (χ1n) is 14.1. The Morgan fingerprint density at radius 2 is 1.07 bits per heavy atom. The van der Waals surface area contributed by atoms with Gasteiger partial charge in [0.25, 0.3) is 11.4 Å². The van der Waals surface area contributed by atoms with E-state index in [1.165, 1.54) is 29.7 Å². The smallest absolute Gasteiger partial charge is 0.258 e. The van der Waals surface area contributed by atoms with Gasteiger partial charge in [0.2, 0.25) is 0 Å². The fraction of sp³-hybridized carbons (Fsp3) is 0.235.